The molecule has 0 unspecified atom stereocenters. The van der Waals surface area contributed by atoms with Crippen molar-refractivity contribution in [1.82, 2.24) is 4.90 Å². The van der Waals surface area contributed by atoms with Crippen molar-refractivity contribution in [2.45, 2.75) is 68.5 Å². The molecule has 33 heavy (non-hydrogen) atoms. The molecular weight excluding hydrogens is 430 g/mol. The van der Waals surface area contributed by atoms with Crippen LogP contribution in [0, 0.1) is 0 Å². The maximum absolute atomic E-state index is 12.7. The zero-order valence-corrected chi connectivity index (χ0v) is 19.2. The van der Waals surface area contributed by atoms with E-state index in [1.54, 1.807) is 13.2 Å². The van der Waals surface area contributed by atoms with Crippen LogP contribution in [0.25, 0.3) is 0 Å². The minimum atomic E-state index is -1.35. The van der Waals surface area contributed by atoms with Gasteiger partial charge in [0.1, 0.15) is 11.9 Å². The third-order valence-corrected chi connectivity index (χ3v) is 7.74. The van der Waals surface area contributed by atoms with Crippen molar-refractivity contribution in [3.8, 4) is 11.5 Å². The summed E-state index contributed by atoms with van der Waals surface area (Å²) < 4.78 is 22.7. The third-order valence-electron chi connectivity index (χ3n) is 7.74. The molecule has 0 amide bonds. The molecular formula is C24H29NO8. The van der Waals surface area contributed by atoms with Crippen molar-refractivity contribution >= 4 is 11.9 Å². The molecule has 2 bridgehead atoms. The van der Waals surface area contributed by atoms with Crippen LogP contribution >= 0.6 is 0 Å². The van der Waals surface area contributed by atoms with Gasteiger partial charge in [-0.2, -0.15) is 0 Å². The van der Waals surface area contributed by atoms with Crippen LogP contribution in [0.1, 0.15) is 37.8 Å². The minimum Gasteiger partial charge on any atom is -0.493 e. The third kappa shape index (κ3) is 2.88. The summed E-state index contributed by atoms with van der Waals surface area (Å²) in [7, 11) is 3.59. The molecule has 4 aliphatic rings. The molecule has 1 aromatic carbocycles. The summed E-state index contributed by atoms with van der Waals surface area (Å²) in [6.07, 6.45) is 0.0303. The van der Waals surface area contributed by atoms with E-state index in [0.29, 0.717) is 36.5 Å². The molecule has 0 saturated carbocycles. The standard InChI is InChI=1S/C24H29NO8/c1-12(26)21(27)31-13(2)22(28)32-16-7-8-24(29)17-11-14-5-6-15(30-4)19-18(14)23(24,20(16)33-19)9-10-25(17)3/h5-7,12-13,17,20,26,29H,8-11H2,1-4H3/t12-,13-,17-,20+,23+,24-/m0/s1. The average molecular weight is 459 g/mol. The van der Waals surface area contributed by atoms with Gasteiger partial charge < -0.3 is 34.1 Å². The Morgan fingerprint density at radius 3 is 2.73 bits per heavy atom. The number of rotatable bonds is 5. The van der Waals surface area contributed by atoms with Gasteiger partial charge in [-0.15, -0.1) is 0 Å². The number of benzene rings is 1. The molecule has 2 aliphatic carbocycles. The summed E-state index contributed by atoms with van der Waals surface area (Å²) in [6, 6.07) is 3.79. The molecule has 0 radical (unpaired) electrons. The van der Waals surface area contributed by atoms with E-state index in [1.807, 2.05) is 19.2 Å². The smallest absolute Gasteiger partial charge is 0.352 e. The molecule has 6 atom stereocenters. The molecule has 0 aromatic heterocycles. The first-order valence-electron chi connectivity index (χ1n) is 11.2. The van der Waals surface area contributed by atoms with Gasteiger partial charge in [0.05, 0.1) is 18.1 Å². The molecule has 2 aliphatic heterocycles. The molecule has 1 saturated heterocycles. The van der Waals surface area contributed by atoms with Crippen molar-refractivity contribution in [3.63, 3.8) is 0 Å². The molecule has 9 heteroatoms. The predicted molar refractivity (Wildman–Crippen MR) is 115 cm³/mol. The second-order valence-electron chi connectivity index (χ2n) is 9.46. The molecule has 5 rings (SSSR count). The van der Waals surface area contributed by atoms with E-state index in [2.05, 4.69) is 4.90 Å². The molecule has 1 aromatic rings. The van der Waals surface area contributed by atoms with Crippen molar-refractivity contribution < 1.29 is 38.7 Å². The lowest BCUT2D eigenvalue weighted by atomic mass is 9.50. The Morgan fingerprint density at radius 1 is 1.27 bits per heavy atom. The lowest BCUT2D eigenvalue weighted by molar-refractivity contribution is -0.177. The van der Waals surface area contributed by atoms with Crippen molar-refractivity contribution in [2.75, 3.05) is 20.7 Å². The maximum Gasteiger partial charge on any atom is 0.352 e. The Morgan fingerprint density at radius 2 is 2.03 bits per heavy atom. The average Bonchev–Trinajstić information content (AvgIpc) is 3.13. The second-order valence-corrected chi connectivity index (χ2v) is 9.46. The summed E-state index contributed by atoms with van der Waals surface area (Å²) in [6.45, 7) is 3.41. The number of hydrogen-bond donors (Lipinski definition) is 2. The fourth-order valence-corrected chi connectivity index (χ4v) is 6.11. The van der Waals surface area contributed by atoms with Crippen molar-refractivity contribution in [1.29, 1.82) is 0 Å². The Balaban J connectivity index is 1.54. The molecule has 178 valence electrons. The summed E-state index contributed by atoms with van der Waals surface area (Å²) in [5.74, 6) is -0.237. The SMILES string of the molecule is COc1ccc2c3c1O[C@@H]1C(OC(=O)[C@H](C)OC(=O)[C@H](C)O)=CC[C@]4(O)[C@H](C2)N(C)CC[C@@]314. The van der Waals surface area contributed by atoms with Crippen molar-refractivity contribution in [3.05, 3.63) is 35.1 Å². The summed E-state index contributed by atoms with van der Waals surface area (Å²) in [5, 5.41) is 21.5. The second kappa shape index (κ2) is 7.44. The van der Waals surface area contributed by atoms with Gasteiger partial charge in [-0.05, 0) is 58.0 Å². The number of carbonyl (C=O) groups excluding carboxylic acids is 2. The van der Waals surface area contributed by atoms with E-state index in [0.717, 1.165) is 17.7 Å². The van der Waals surface area contributed by atoms with Crippen LogP contribution in [0.3, 0.4) is 0 Å². The lowest BCUT2D eigenvalue weighted by Gasteiger charge is -2.61. The molecule has 2 N–H and O–H groups in total. The normalized spacial score (nSPS) is 33.2. The Bertz CT molecular complexity index is 1050. The predicted octanol–water partition coefficient (Wildman–Crippen LogP) is 0.829. The number of piperidine rings is 1. The number of carbonyl (C=O) groups is 2. The summed E-state index contributed by atoms with van der Waals surface area (Å²) in [4.78, 5) is 26.6. The Kier molecular flexibility index (Phi) is 5.00. The Hall–Kier alpha value is -2.62. The zero-order chi connectivity index (χ0) is 23.7. The van der Waals surface area contributed by atoms with Gasteiger partial charge in [-0.3, -0.25) is 0 Å². The molecule has 9 nitrogen and oxygen atoms in total. The highest BCUT2D eigenvalue weighted by Gasteiger charge is 2.72. The van der Waals surface area contributed by atoms with Gasteiger partial charge in [0.2, 0.25) is 0 Å². The van der Waals surface area contributed by atoms with E-state index in [4.69, 9.17) is 18.9 Å². The van der Waals surface area contributed by atoms with E-state index in [9.17, 15) is 19.8 Å². The highest BCUT2D eigenvalue weighted by molar-refractivity contribution is 5.81. The monoisotopic (exact) mass is 459 g/mol. The summed E-state index contributed by atoms with van der Waals surface area (Å²) in [5.41, 5.74) is 0.149. The van der Waals surface area contributed by atoms with Crippen LogP contribution in [0.15, 0.2) is 24.0 Å². The molecule has 2 heterocycles. The van der Waals surface area contributed by atoms with E-state index in [1.165, 1.54) is 13.8 Å². The van der Waals surface area contributed by atoms with E-state index in [-0.39, 0.29) is 6.04 Å². The van der Waals surface area contributed by atoms with Crippen LogP contribution in [0.4, 0.5) is 0 Å². The number of ether oxygens (including phenoxy) is 4. The number of esters is 2. The van der Waals surface area contributed by atoms with Crippen LogP contribution in [-0.2, 0) is 30.9 Å². The molecule has 1 fully saturated rings. The largest absolute Gasteiger partial charge is 0.493 e. The maximum atomic E-state index is 12.7. The number of aliphatic hydroxyl groups excluding tert-OH is 1. The van der Waals surface area contributed by atoms with Crippen LogP contribution in [-0.4, -0.2) is 77.7 Å². The van der Waals surface area contributed by atoms with Crippen LogP contribution < -0.4 is 9.47 Å². The number of nitrogens with zero attached hydrogens (tertiary/aromatic N) is 1. The van der Waals surface area contributed by atoms with Gasteiger partial charge in [0.25, 0.3) is 0 Å². The molecule has 1 spiro atoms. The number of aliphatic hydroxyl groups is 2. The highest BCUT2D eigenvalue weighted by Crippen LogP contribution is 2.65. The zero-order valence-electron chi connectivity index (χ0n) is 19.2. The van der Waals surface area contributed by atoms with Gasteiger partial charge in [-0.1, -0.05) is 6.07 Å². The van der Waals surface area contributed by atoms with E-state index < -0.39 is 41.3 Å². The summed E-state index contributed by atoms with van der Waals surface area (Å²) >= 11 is 0. The lowest BCUT2D eigenvalue weighted by Crippen LogP contribution is -2.74. The van der Waals surface area contributed by atoms with Gasteiger partial charge in [0, 0.05) is 18.0 Å². The van der Waals surface area contributed by atoms with E-state index >= 15 is 0 Å². The highest BCUT2D eigenvalue weighted by atomic mass is 16.6. The first-order chi connectivity index (χ1) is 15.6. The fraction of sp³-hybridized carbons (Fsp3) is 0.583. The Labute approximate surface area is 191 Å². The topological polar surface area (TPSA) is 115 Å². The first kappa shape index (κ1) is 22.2. The van der Waals surface area contributed by atoms with Gasteiger partial charge >= 0.3 is 11.9 Å². The number of methoxy groups -OCH3 is 1. The van der Waals surface area contributed by atoms with Gasteiger partial charge in [-0.25, -0.2) is 9.59 Å². The number of likely N-dealkylation sites (tertiary alicyclic amines) is 1. The van der Waals surface area contributed by atoms with Gasteiger partial charge in [0.15, 0.2) is 23.7 Å². The van der Waals surface area contributed by atoms with Crippen molar-refractivity contribution in [2.24, 2.45) is 0 Å². The van der Waals surface area contributed by atoms with Crippen LogP contribution in [0.5, 0.6) is 11.5 Å². The number of likely N-dealkylation sites (N-methyl/N-ethyl adjacent to an activating group) is 1. The van der Waals surface area contributed by atoms with Crippen LogP contribution in [0.2, 0.25) is 0 Å². The fourth-order valence-electron chi connectivity index (χ4n) is 6.11. The number of hydrogen-bond acceptors (Lipinski definition) is 9. The quantitative estimate of drug-likeness (QED) is 0.618. The first-order valence-corrected chi connectivity index (χ1v) is 11.2. The minimum absolute atomic E-state index is 0.108.